The van der Waals surface area contributed by atoms with Crippen LogP contribution in [0.5, 0.6) is 0 Å². The molecule has 0 saturated carbocycles. The maximum Gasteiger partial charge on any atom is 0.340 e. The van der Waals surface area contributed by atoms with Crippen molar-refractivity contribution in [2.24, 2.45) is 0 Å². The lowest BCUT2D eigenvalue weighted by Crippen LogP contribution is -2.40. The van der Waals surface area contributed by atoms with Gasteiger partial charge in [0.2, 0.25) is 0 Å². The molecule has 1 aliphatic carbocycles. The lowest BCUT2D eigenvalue weighted by molar-refractivity contribution is -0.142. The third-order valence-electron chi connectivity index (χ3n) is 4.92. The zero-order chi connectivity index (χ0) is 16.5. The molecule has 1 saturated heterocycles. The summed E-state index contributed by atoms with van der Waals surface area (Å²) in [5.41, 5.74) is 2.72. The van der Waals surface area contributed by atoms with Gasteiger partial charge in [-0.15, -0.1) is 0 Å². The highest BCUT2D eigenvalue weighted by Gasteiger charge is 2.24. The average Bonchev–Trinajstić information content (AvgIpc) is 3.01. The van der Waals surface area contributed by atoms with Crippen LogP contribution in [0.1, 0.15) is 24.0 Å². The van der Waals surface area contributed by atoms with E-state index >= 15 is 0 Å². The molecule has 0 aromatic heterocycles. The van der Waals surface area contributed by atoms with Crippen LogP contribution in [-0.2, 0) is 14.3 Å². The van der Waals surface area contributed by atoms with Gasteiger partial charge in [0.15, 0.2) is 0 Å². The molecule has 0 radical (unpaired) electrons. The number of rotatable bonds is 4. The topological polar surface area (TPSA) is 38.8 Å². The van der Waals surface area contributed by atoms with E-state index in [1.165, 1.54) is 0 Å². The number of likely N-dealkylation sites (tertiary alicyclic amines) is 1. The summed E-state index contributed by atoms with van der Waals surface area (Å²) < 4.78 is 11.0. The molecule has 1 atom stereocenters. The van der Waals surface area contributed by atoms with Gasteiger partial charge in [0, 0.05) is 20.2 Å². The summed E-state index contributed by atoms with van der Waals surface area (Å²) in [4.78, 5) is 14.7. The van der Waals surface area contributed by atoms with Crippen LogP contribution in [0.2, 0.25) is 0 Å². The van der Waals surface area contributed by atoms with Crippen molar-refractivity contribution in [3.63, 3.8) is 0 Å². The Morgan fingerprint density at radius 2 is 2.08 bits per heavy atom. The minimum Gasteiger partial charge on any atom is -0.446 e. The van der Waals surface area contributed by atoms with E-state index in [4.69, 9.17) is 9.47 Å². The summed E-state index contributed by atoms with van der Waals surface area (Å²) in [7, 11) is 1.74. The first-order chi connectivity index (χ1) is 11.8. The Morgan fingerprint density at radius 1 is 1.25 bits per heavy atom. The number of hydrogen-bond acceptors (Lipinski definition) is 4. The summed E-state index contributed by atoms with van der Waals surface area (Å²) in [5, 5.41) is 2.30. The van der Waals surface area contributed by atoms with Gasteiger partial charge in [-0.05, 0) is 40.8 Å². The molecule has 24 heavy (non-hydrogen) atoms. The Hall–Kier alpha value is -2.17. The highest BCUT2D eigenvalue weighted by Crippen LogP contribution is 2.36. The summed E-state index contributed by atoms with van der Waals surface area (Å²) in [6.07, 6.45) is 4.32. The molecule has 4 rings (SSSR count). The van der Waals surface area contributed by atoms with Gasteiger partial charge in [0.1, 0.15) is 6.73 Å². The summed E-state index contributed by atoms with van der Waals surface area (Å²) in [5.74, 6) is -0.252. The molecule has 1 aliphatic heterocycles. The van der Waals surface area contributed by atoms with E-state index in [-0.39, 0.29) is 12.1 Å². The Bertz CT molecular complexity index is 806. The highest BCUT2D eigenvalue weighted by molar-refractivity contribution is 6.29. The van der Waals surface area contributed by atoms with Gasteiger partial charge < -0.3 is 9.47 Å². The fraction of sp³-hybridized carbons (Fsp3) is 0.350. The van der Waals surface area contributed by atoms with Crippen LogP contribution in [0.3, 0.4) is 0 Å². The van der Waals surface area contributed by atoms with E-state index in [1.54, 1.807) is 7.11 Å². The number of piperidine rings is 1. The van der Waals surface area contributed by atoms with E-state index < -0.39 is 0 Å². The van der Waals surface area contributed by atoms with Crippen LogP contribution in [0, 0.1) is 0 Å². The monoisotopic (exact) mass is 323 g/mol. The zero-order valence-electron chi connectivity index (χ0n) is 13.8. The molecule has 4 nitrogen and oxygen atoms in total. The second-order valence-corrected chi connectivity index (χ2v) is 6.45. The summed E-state index contributed by atoms with van der Waals surface area (Å²) in [6, 6.07) is 12.2. The van der Waals surface area contributed by atoms with Crippen LogP contribution in [-0.4, -0.2) is 43.9 Å². The van der Waals surface area contributed by atoms with Gasteiger partial charge in [-0.1, -0.05) is 36.4 Å². The van der Waals surface area contributed by atoms with Crippen LogP contribution in [0.4, 0.5) is 0 Å². The van der Waals surface area contributed by atoms with Crippen LogP contribution >= 0.6 is 0 Å². The van der Waals surface area contributed by atoms with Crippen molar-refractivity contribution in [2.45, 2.75) is 18.9 Å². The number of carbonyl (C=O) groups is 1. The molecule has 4 heteroatoms. The zero-order valence-corrected chi connectivity index (χ0v) is 13.8. The van der Waals surface area contributed by atoms with Crippen LogP contribution in [0.15, 0.2) is 36.4 Å². The fourth-order valence-corrected chi connectivity index (χ4v) is 3.67. The van der Waals surface area contributed by atoms with Gasteiger partial charge in [0.25, 0.3) is 0 Å². The number of esters is 1. The first-order valence-corrected chi connectivity index (χ1v) is 8.42. The molecule has 0 spiro atoms. The molecule has 124 valence electrons. The van der Waals surface area contributed by atoms with Gasteiger partial charge in [-0.2, -0.15) is 0 Å². The normalized spacial score (nSPS) is 20.2. The molecular weight excluding hydrogens is 302 g/mol. The Balaban J connectivity index is 1.48. The van der Waals surface area contributed by atoms with E-state index in [2.05, 4.69) is 17.0 Å². The Morgan fingerprint density at radius 3 is 2.92 bits per heavy atom. The molecule has 1 fully saturated rings. The van der Waals surface area contributed by atoms with E-state index in [9.17, 15) is 4.79 Å². The molecule has 1 heterocycles. The van der Waals surface area contributed by atoms with Crippen molar-refractivity contribution in [1.29, 1.82) is 0 Å². The molecule has 2 aromatic carbocycles. The quantitative estimate of drug-likeness (QED) is 0.809. The maximum atomic E-state index is 12.6. The van der Waals surface area contributed by atoms with Crippen LogP contribution in [0.25, 0.3) is 22.4 Å². The van der Waals surface area contributed by atoms with E-state index in [1.807, 2.05) is 30.3 Å². The molecule has 2 aromatic rings. The smallest absolute Gasteiger partial charge is 0.340 e. The number of hydrogen-bond donors (Lipinski definition) is 0. The van der Waals surface area contributed by atoms with E-state index in [0.717, 1.165) is 47.8 Å². The first-order valence-electron chi connectivity index (χ1n) is 8.42. The SMILES string of the molecule is COC1CCCN(COC(=O)C2=Cc3cccc4cccc2c34)C1. The third-order valence-corrected chi connectivity index (χ3v) is 4.92. The number of benzene rings is 2. The molecule has 0 amide bonds. The largest absolute Gasteiger partial charge is 0.446 e. The predicted octanol–water partition coefficient (Wildman–Crippen LogP) is 3.31. The second kappa shape index (κ2) is 6.38. The number of carbonyl (C=O) groups excluding carboxylic acids is 1. The summed E-state index contributed by atoms with van der Waals surface area (Å²) in [6.45, 7) is 2.09. The molecule has 0 N–H and O–H groups in total. The van der Waals surface area contributed by atoms with E-state index in [0.29, 0.717) is 12.3 Å². The Kier molecular flexibility index (Phi) is 4.08. The number of nitrogens with zero attached hydrogens (tertiary/aromatic N) is 1. The summed E-state index contributed by atoms with van der Waals surface area (Å²) >= 11 is 0. The van der Waals surface area contributed by atoms with Gasteiger partial charge >= 0.3 is 5.97 Å². The van der Waals surface area contributed by atoms with Crippen molar-refractivity contribution < 1.29 is 14.3 Å². The molecular formula is C20H21NO3. The van der Waals surface area contributed by atoms with Gasteiger partial charge in [0.05, 0.1) is 11.7 Å². The average molecular weight is 323 g/mol. The van der Waals surface area contributed by atoms with Crippen LogP contribution < -0.4 is 0 Å². The van der Waals surface area contributed by atoms with Gasteiger partial charge in [-0.3, -0.25) is 4.90 Å². The standard InChI is InChI=1S/C20H21NO3/c1-23-16-8-4-10-21(12-16)13-24-20(22)18-11-15-7-2-5-14-6-3-9-17(18)19(14)15/h2-3,5-7,9,11,16H,4,8,10,12-13H2,1H3. The molecule has 2 aliphatic rings. The predicted molar refractivity (Wildman–Crippen MR) is 94.4 cm³/mol. The second-order valence-electron chi connectivity index (χ2n) is 6.45. The third kappa shape index (κ3) is 2.72. The van der Waals surface area contributed by atoms with Crippen molar-refractivity contribution in [1.82, 2.24) is 4.90 Å². The van der Waals surface area contributed by atoms with Crippen molar-refractivity contribution in [3.05, 3.63) is 47.5 Å². The minimum absolute atomic E-state index is 0.237. The number of methoxy groups -OCH3 is 1. The Labute approximate surface area is 141 Å². The van der Waals surface area contributed by atoms with Crippen molar-refractivity contribution in [2.75, 3.05) is 26.9 Å². The van der Waals surface area contributed by atoms with Crippen molar-refractivity contribution in [3.8, 4) is 0 Å². The number of ether oxygens (including phenoxy) is 2. The first kappa shape index (κ1) is 15.4. The van der Waals surface area contributed by atoms with Gasteiger partial charge in [-0.25, -0.2) is 4.79 Å². The lowest BCUT2D eigenvalue weighted by atomic mass is 10.0. The lowest BCUT2D eigenvalue weighted by Gasteiger charge is -2.31. The van der Waals surface area contributed by atoms with Crippen molar-refractivity contribution >= 4 is 28.4 Å². The minimum atomic E-state index is -0.252. The molecule has 1 unspecified atom stereocenters. The molecule has 0 bridgehead atoms. The fourth-order valence-electron chi connectivity index (χ4n) is 3.67. The highest BCUT2D eigenvalue weighted by atomic mass is 16.5. The maximum absolute atomic E-state index is 12.6.